The second-order valence-electron chi connectivity index (χ2n) is 6.92. The molecule has 0 aliphatic heterocycles. The number of hydrogen-bond acceptors (Lipinski definition) is 8. The summed E-state index contributed by atoms with van der Waals surface area (Å²) in [5.41, 5.74) is -6.70. The fraction of sp³-hybridized carbons (Fsp3) is 0.368. The van der Waals surface area contributed by atoms with Crippen LogP contribution in [0.5, 0.6) is 0 Å². The number of thiocarbonyl (C=S) groups is 1. The van der Waals surface area contributed by atoms with Crippen LogP contribution in [-0.2, 0) is 20.5 Å². The highest BCUT2D eigenvalue weighted by atomic mass is 35.5. The number of nitrogens with one attached hydrogen (secondary N) is 1. The Hall–Kier alpha value is -2.85. The summed E-state index contributed by atoms with van der Waals surface area (Å²) in [5, 5.41) is 19.3. The van der Waals surface area contributed by atoms with Crippen LogP contribution in [0.2, 0.25) is 5.02 Å². The molecule has 1 heterocycles. The molecule has 0 fully saturated rings. The lowest BCUT2D eigenvalue weighted by Gasteiger charge is -2.20. The molecule has 0 radical (unpaired) electrons. The van der Waals surface area contributed by atoms with Gasteiger partial charge in [-0.3, -0.25) is 14.8 Å². The molecule has 1 aromatic carbocycles. The molecule has 35 heavy (non-hydrogen) atoms. The van der Waals surface area contributed by atoms with Crippen molar-refractivity contribution in [3.05, 3.63) is 60.6 Å². The monoisotopic (exact) mass is 543 g/mol. The minimum Gasteiger partial charge on any atom is -0.463 e. The van der Waals surface area contributed by atoms with Crippen molar-refractivity contribution in [2.45, 2.75) is 32.5 Å². The van der Waals surface area contributed by atoms with Crippen molar-refractivity contribution in [1.82, 2.24) is 14.8 Å². The van der Waals surface area contributed by atoms with Crippen molar-refractivity contribution in [3.63, 3.8) is 0 Å². The van der Waals surface area contributed by atoms with Crippen LogP contribution in [0.1, 0.15) is 30.2 Å². The lowest BCUT2D eigenvalue weighted by atomic mass is 10.1. The van der Waals surface area contributed by atoms with Crippen LogP contribution < -0.4 is 11.2 Å². The maximum Gasteiger partial charge on any atom is 0.431 e. The van der Waals surface area contributed by atoms with Gasteiger partial charge < -0.3 is 14.8 Å². The van der Waals surface area contributed by atoms with E-state index in [1.54, 1.807) is 0 Å². The first-order valence-corrected chi connectivity index (χ1v) is 10.4. The molecule has 10 nitrogen and oxygen atoms in total. The van der Waals surface area contributed by atoms with Gasteiger partial charge in [0, 0.05) is 17.5 Å². The van der Waals surface area contributed by atoms with E-state index in [4.69, 9.17) is 28.7 Å². The SMILES string of the molecule is CCC(=O)OCC(O)CON(O)C(=S)c1cc(-n2c(=O)[nH]c(C(F)(F)F)c(C)c2=O)c(F)cc1Cl. The van der Waals surface area contributed by atoms with Gasteiger partial charge in [0.15, 0.2) is 4.99 Å². The third-order valence-electron chi connectivity index (χ3n) is 4.41. The van der Waals surface area contributed by atoms with E-state index in [1.165, 1.54) is 11.9 Å². The number of aliphatic hydroxyl groups excluding tert-OH is 1. The Morgan fingerprint density at radius 1 is 1.31 bits per heavy atom. The second kappa shape index (κ2) is 11.3. The van der Waals surface area contributed by atoms with Crippen molar-refractivity contribution in [2.75, 3.05) is 13.2 Å². The smallest absolute Gasteiger partial charge is 0.431 e. The van der Waals surface area contributed by atoms with Crippen molar-refractivity contribution in [1.29, 1.82) is 0 Å². The number of nitrogens with zero attached hydrogens (tertiary/aromatic N) is 2. The molecule has 0 amide bonds. The number of ether oxygens (including phenoxy) is 1. The number of aromatic amines is 1. The molecule has 1 aromatic heterocycles. The highest BCUT2D eigenvalue weighted by Crippen LogP contribution is 2.29. The Kier molecular flexibility index (Phi) is 9.13. The summed E-state index contributed by atoms with van der Waals surface area (Å²) in [5.74, 6) is -1.85. The number of hydrogen-bond donors (Lipinski definition) is 3. The minimum absolute atomic E-state index is 0.0336. The highest BCUT2D eigenvalue weighted by molar-refractivity contribution is 7.80. The van der Waals surface area contributed by atoms with Gasteiger partial charge in [-0.25, -0.2) is 18.6 Å². The van der Waals surface area contributed by atoms with Crippen molar-refractivity contribution in [3.8, 4) is 5.69 Å². The molecule has 0 aliphatic carbocycles. The second-order valence-corrected chi connectivity index (χ2v) is 7.71. The first kappa shape index (κ1) is 28.4. The normalized spacial score (nSPS) is 12.4. The Balaban J connectivity index is 2.37. The number of esters is 1. The Bertz CT molecular complexity index is 1250. The number of carbonyl (C=O) groups is 1. The Morgan fingerprint density at radius 2 is 1.94 bits per heavy atom. The topological polar surface area (TPSA) is 134 Å². The molecule has 2 aromatic rings. The van der Waals surface area contributed by atoms with Gasteiger partial charge >= 0.3 is 17.8 Å². The quantitative estimate of drug-likeness (QED) is 0.198. The number of carbonyl (C=O) groups excluding carboxylic acids is 1. The highest BCUT2D eigenvalue weighted by Gasteiger charge is 2.36. The van der Waals surface area contributed by atoms with Gasteiger partial charge in [-0.1, -0.05) is 30.7 Å². The maximum absolute atomic E-state index is 14.6. The van der Waals surface area contributed by atoms with E-state index in [0.29, 0.717) is 6.07 Å². The van der Waals surface area contributed by atoms with Gasteiger partial charge in [0.2, 0.25) is 0 Å². The third-order valence-corrected chi connectivity index (χ3v) is 5.10. The first-order chi connectivity index (χ1) is 16.2. The summed E-state index contributed by atoms with van der Waals surface area (Å²) in [6.45, 7) is 1.27. The fourth-order valence-corrected chi connectivity index (χ4v) is 3.17. The summed E-state index contributed by atoms with van der Waals surface area (Å²) < 4.78 is 58.6. The van der Waals surface area contributed by atoms with Crippen molar-refractivity contribution in [2.24, 2.45) is 0 Å². The molecule has 1 atom stereocenters. The molecule has 2 rings (SSSR count). The van der Waals surface area contributed by atoms with Crippen LogP contribution in [0, 0.1) is 12.7 Å². The standard InChI is InChI=1S/C19H18ClF4N3O7S/c1-3-14(29)33-6-9(28)7-34-27(32)17(35)10-4-13(12(21)5-11(10)20)26-16(30)8(2)15(19(22,23)24)25-18(26)31/h4-5,9,28,32H,3,6-7H2,1-2H3,(H,25,31). The predicted octanol–water partition coefficient (Wildman–Crippen LogP) is 2.26. The summed E-state index contributed by atoms with van der Waals surface area (Å²) in [6, 6.07) is 1.36. The Labute approximate surface area is 204 Å². The number of H-pyrrole nitrogens is 1. The largest absolute Gasteiger partial charge is 0.463 e. The Morgan fingerprint density at radius 3 is 2.51 bits per heavy atom. The average molecular weight is 544 g/mol. The van der Waals surface area contributed by atoms with E-state index in [9.17, 15) is 42.3 Å². The number of alkyl halides is 3. The first-order valence-electron chi connectivity index (χ1n) is 9.61. The van der Waals surface area contributed by atoms with E-state index >= 15 is 0 Å². The van der Waals surface area contributed by atoms with Crippen molar-refractivity contribution < 1.29 is 42.2 Å². The fourth-order valence-electron chi connectivity index (χ4n) is 2.66. The van der Waals surface area contributed by atoms with Gasteiger partial charge in [0.25, 0.3) is 5.56 Å². The molecule has 0 saturated heterocycles. The van der Waals surface area contributed by atoms with Crippen LogP contribution in [0.25, 0.3) is 5.69 Å². The summed E-state index contributed by atoms with van der Waals surface area (Å²) >= 11 is 10.9. The molecule has 0 aliphatic rings. The molecule has 3 N–H and O–H groups in total. The molecule has 1 unspecified atom stereocenters. The average Bonchev–Trinajstić information content (AvgIpc) is 2.78. The van der Waals surface area contributed by atoms with Gasteiger partial charge in [0.05, 0.1) is 10.7 Å². The molecule has 0 saturated carbocycles. The van der Waals surface area contributed by atoms with Crippen molar-refractivity contribution >= 4 is 34.8 Å². The number of rotatable bonds is 8. The summed E-state index contributed by atoms with van der Waals surface area (Å²) in [7, 11) is 0. The molecule has 0 bridgehead atoms. The number of halogens is 5. The van der Waals surface area contributed by atoms with Gasteiger partial charge in [-0.15, -0.1) is 5.23 Å². The zero-order valence-corrected chi connectivity index (χ0v) is 19.6. The molecular weight excluding hydrogens is 526 g/mol. The van der Waals surface area contributed by atoms with Crippen LogP contribution >= 0.6 is 23.8 Å². The molecule has 16 heteroatoms. The van der Waals surface area contributed by atoms with E-state index in [1.807, 2.05) is 0 Å². The van der Waals surface area contributed by atoms with E-state index in [2.05, 4.69) is 4.74 Å². The number of benzene rings is 1. The minimum atomic E-state index is -5.04. The van der Waals surface area contributed by atoms with Gasteiger partial charge in [-0.05, 0) is 19.1 Å². The van der Waals surface area contributed by atoms with Crippen LogP contribution in [-0.4, -0.2) is 55.4 Å². The van der Waals surface area contributed by atoms with Gasteiger partial charge in [-0.2, -0.15) is 13.2 Å². The summed E-state index contributed by atoms with van der Waals surface area (Å²) in [4.78, 5) is 41.5. The number of aromatic nitrogens is 2. The lowest BCUT2D eigenvalue weighted by molar-refractivity contribution is -0.292. The van der Waals surface area contributed by atoms with Crippen LogP contribution in [0.3, 0.4) is 0 Å². The van der Waals surface area contributed by atoms with Crippen LogP contribution in [0.15, 0.2) is 21.7 Å². The third kappa shape index (κ3) is 6.64. The van der Waals surface area contributed by atoms with E-state index in [-0.39, 0.29) is 21.8 Å². The molecular formula is C19H18ClF4N3O7S. The molecule has 0 spiro atoms. The van der Waals surface area contributed by atoms with Gasteiger partial charge in [0.1, 0.15) is 30.8 Å². The van der Waals surface area contributed by atoms with E-state index in [0.717, 1.165) is 13.0 Å². The predicted molar refractivity (Wildman–Crippen MR) is 116 cm³/mol. The maximum atomic E-state index is 14.6. The number of hydroxylamine groups is 2. The zero-order valence-electron chi connectivity index (χ0n) is 18.0. The number of aliphatic hydroxyl groups is 1. The van der Waals surface area contributed by atoms with Crippen LogP contribution in [0.4, 0.5) is 17.6 Å². The zero-order chi connectivity index (χ0) is 26.7. The lowest BCUT2D eigenvalue weighted by Crippen LogP contribution is -2.39. The van der Waals surface area contributed by atoms with E-state index < -0.39 is 75.5 Å². The molecule has 192 valence electrons. The summed E-state index contributed by atoms with van der Waals surface area (Å²) in [6.07, 6.45) is -6.34.